The Morgan fingerprint density at radius 3 is 2.82 bits per heavy atom. The van der Waals surface area contributed by atoms with Crippen molar-refractivity contribution in [3.8, 4) is 5.75 Å². The van der Waals surface area contributed by atoms with Crippen molar-refractivity contribution >= 4 is 11.6 Å². The molecule has 6 heteroatoms. The molecular weight excluding hydrogens is 224 g/mol. The van der Waals surface area contributed by atoms with E-state index in [1.165, 1.54) is 12.1 Å². The summed E-state index contributed by atoms with van der Waals surface area (Å²) < 4.78 is 5.14. The van der Waals surface area contributed by atoms with Crippen LogP contribution in [0.15, 0.2) is 18.2 Å². The van der Waals surface area contributed by atoms with Crippen LogP contribution in [0.1, 0.15) is 12.5 Å². The number of hydrogen-bond donors (Lipinski definition) is 1. The first-order valence-electron chi connectivity index (χ1n) is 5.19. The second kappa shape index (κ2) is 5.83. The van der Waals surface area contributed by atoms with E-state index in [-0.39, 0.29) is 24.0 Å². The first kappa shape index (κ1) is 13.0. The lowest BCUT2D eigenvalue weighted by Gasteiger charge is -2.07. The van der Waals surface area contributed by atoms with Gasteiger partial charge < -0.3 is 10.1 Å². The molecule has 0 saturated carbocycles. The molecule has 0 spiro atoms. The van der Waals surface area contributed by atoms with E-state index in [4.69, 9.17) is 4.74 Å². The molecule has 1 rings (SSSR count). The lowest BCUT2D eigenvalue weighted by atomic mass is 10.2. The third-order valence-corrected chi connectivity index (χ3v) is 2.04. The Kier molecular flexibility index (Phi) is 4.45. The molecule has 0 atom stereocenters. The van der Waals surface area contributed by atoms with Crippen LogP contribution < -0.4 is 10.1 Å². The lowest BCUT2D eigenvalue weighted by Crippen LogP contribution is -2.28. The van der Waals surface area contributed by atoms with Crippen molar-refractivity contribution in [2.45, 2.75) is 13.8 Å². The molecule has 0 bridgehead atoms. The van der Waals surface area contributed by atoms with Crippen molar-refractivity contribution in [1.29, 1.82) is 0 Å². The highest BCUT2D eigenvalue weighted by Gasteiger charge is 2.15. The number of nitro groups is 1. The molecule has 0 aliphatic carbocycles. The molecule has 0 fully saturated rings. The monoisotopic (exact) mass is 238 g/mol. The molecule has 1 N–H and O–H groups in total. The summed E-state index contributed by atoms with van der Waals surface area (Å²) in [6.07, 6.45) is 0. The molecule has 1 aromatic rings. The normalized spacial score (nSPS) is 9.76. The van der Waals surface area contributed by atoms with Gasteiger partial charge in [0.25, 0.3) is 5.91 Å². The maximum absolute atomic E-state index is 11.2. The Hall–Kier alpha value is -2.11. The van der Waals surface area contributed by atoms with E-state index in [2.05, 4.69) is 5.32 Å². The predicted molar refractivity (Wildman–Crippen MR) is 62.0 cm³/mol. The molecule has 1 amide bonds. The Labute approximate surface area is 98.7 Å². The molecule has 17 heavy (non-hydrogen) atoms. The third kappa shape index (κ3) is 3.75. The van der Waals surface area contributed by atoms with Gasteiger partial charge in [-0.1, -0.05) is 6.07 Å². The van der Waals surface area contributed by atoms with E-state index >= 15 is 0 Å². The summed E-state index contributed by atoms with van der Waals surface area (Å²) >= 11 is 0. The highest BCUT2D eigenvalue weighted by Crippen LogP contribution is 2.27. The van der Waals surface area contributed by atoms with E-state index in [9.17, 15) is 14.9 Å². The quantitative estimate of drug-likeness (QED) is 0.621. The van der Waals surface area contributed by atoms with Gasteiger partial charge in [-0.2, -0.15) is 0 Å². The zero-order valence-electron chi connectivity index (χ0n) is 9.73. The topological polar surface area (TPSA) is 81.5 Å². The van der Waals surface area contributed by atoms with Gasteiger partial charge in [-0.15, -0.1) is 0 Å². The average molecular weight is 238 g/mol. The van der Waals surface area contributed by atoms with E-state index in [1.807, 2.05) is 0 Å². The maximum atomic E-state index is 11.2. The van der Waals surface area contributed by atoms with E-state index in [0.29, 0.717) is 6.54 Å². The van der Waals surface area contributed by atoms with Crippen molar-refractivity contribution in [3.63, 3.8) is 0 Å². The number of nitrogens with one attached hydrogen (secondary N) is 1. The van der Waals surface area contributed by atoms with Crippen LogP contribution in [0.3, 0.4) is 0 Å². The summed E-state index contributed by atoms with van der Waals surface area (Å²) in [7, 11) is 0. The Bertz CT molecular complexity index is 431. The first-order chi connectivity index (χ1) is 8.04. The van der Waals surface area contributed by atoms with Crippen molar-refractivity contribution in [1.82, 2.24) is 5.32 Å². The van der Waals surface area contributed by atoms with Gasteiger partial charge in [0.15, 0.2) is 12.4 Å². The van der Waals surface area contributed by atoms with Crippen LogP contribution in [-0.4, -0.2) is 24.0 Å². The predicted octanol–water partition coefficient (Wildman–Crippen LogP) is 1.42. The van der Waals surface area contributed by atoms with Crippen molar-refractivity contribution in [2.24, 2.45) is 0 Å². The molecule has 1 aromatic carbocycles. The number of nitro benzene ring substituents is 1. The summed E-state index contributed by atoms with van der Waals surface area (Å²) in [6.45, 7) is 3.85. The second-order valence-electron chi connectivity index (χ2n) is 3.47. The molecule has 92 valence electrons. The molecule has 0 aliphatic heterocycles. The van der Waals surface area contributed by atoms with Crippen LogP contribution in [0.5, 0.6) is 5.75 Å². The number of likely N-dealkylation sites (N-methyl/N-ethyl adjacent to an activating group) is 1. The largest absolute Gasteiger partial charge is 0.477 e. The summed E-state index contributed by atoms with van der Waals surface area (Å²) in [6, 6.07) is 4.52. The number of carbonyl (C=O) groups is 1. The summed E-state index contributed by atoms with van der Waals surface area (Å²) in [5.74, 6) is -0.190. The van der Waals surface area contributed by atoms with Gasteiger partial charge in [0, 0.05) is 12.6 Å². The molecule has 0 aromatic heterocycles. The molecule has 0 radical (unpaired) electrons. The molecule has 0 heterocycles. The van der Waals surface area contributed by atoms with Gasteiger partial charge in [0.2, 0.25) is 0 Å². The Morgan fingerprint density at radius 1 is 1.53 bits per heavy atom. The number of rotatable bonds is 5. The van der Waals surface area contributed by atoms with Crippen LogP contribution in [0.4, 0.5) is 5.69 Å². The van der Waals surface area contributed by atoms with Crippen LogP contribution in [-0.2, 0) is 4.79 Å². The van der Waals surface area contributed by atoms with Crippen LogP contribution in [0.25, 0.3) is 0 Å². The van der Waals surface area contributed by atoms with Gasteiger partial charge in [-0.25, -0.2) is 0 Å². The highest BCUT2D eigenvalue weighted by molar-refractivity contribution is 5.77. The van der Waals surface area contributed by atoms with Crippen molar-refractivity contribution in [3.05, 3.63) is 33.9 Å². The smallest absolute Gasteiger partial charge is 0.310 e. The molecule has 0 aliphatic rings. The Balaban J connectivity index is 2.78. The molecular formula is C11H14N2O4. The fraction of sp³-hybridized carbons (Fsp3) is 0.364. The number of amides is 1. The minimum absolute atomic E-state index is 0.112. The maximum Gasteiger partial charge on any atom is 0.310 e. The lowest BCUT2D eigenvalue weighted by molar-refractivity contribution is -0.385. The van der Waals surface area contributed by atoms with Crippen molar-refractivity contribution < 1.29 is 14.5 Å². The Morgan fingerprint density at radius 2 is 2.24 bits per heavy atom. The molecule has 0 unspecified atom stereocenters. The number of benzene rings is 1. The average Bonchev–Trinajstić information content (AvgIpc) is 2.26. The third-order valence-electron chi connectivity index (χ3n) is 2.04. The summed E-state index contributed by atoms with van der Waals surface area (Å²) in [4.78, 5) is 21.4. The van der Waals surface area contributed by atoms with Gasteiger partial charge in [-0.3, -0.25) is 14.9 Å². The van der Waals surface area contributed by atoms with Gasteiger partial charge in [0.1, 0.15) is 0 Å². The minimum atomic E-state index is -0.535. The summed E-state index contributed by atoms with van der Waals surface area (Å²) in [5, 5.41) is 13.3. The van der Waals surface area contributed by atoms with Gasteiger partial charge >= 0.3 is 5.69 Å². The number of nitrogens with zero attached hydrogens (tertiary/aromatic N) is 1. The molecule has 6 nitrogen and oxygen atoms in total. The van der Waals surface area contributed by atoms with Crippen LogP contribution >= 0.6 is 0 Å². The highest BCUT2D eigenvalue weighted by atomic mass is 16.6. The van der Waals surface area contributed by atoms with Crippen LogP contribution in [0, 0.1) is 17.0 Å². The van der Waals surface area contributed by atoms with Crippen molar-refractivity contribution in [2.75, 3.05) is 13.2 Å². The van der Waals surface area contributed by atoms with Gasteiger partial charge in [0.05, 0.1) is 4.92 Å². The summed E-state index contributed by atoms with van der Waals surface area (Å²) in [5.41, 5.74) is 0.696. The second-order valence-corrected chi connectivity index (χ2v) is 3.47. The standard InChI is InChI=1S/C11H14N2O4/c1-3-12-11(14)7-17-10-6-8(2)4-5-9(10)13(15)16/h4-6H,3,7H2,1-2H3,(H,12,14). The minimum Gasteiger partial charge on any atom is -0.477 e. The fourth-order valence-electron chi connectivity index (χ4n) is 1.28. The first-order valence-corrected chi connectivity index (χ1v) is 5.19. The fourth-order valence-corrected chi connectivity index (χ4v) is 1.28. The zero-order valence-corrected chi connectivity index (χ0v) is 9.73. The number of hydrogen-bond acceptors (Lipinski definition) is 4. The zero-order chi connectivity index (χ0) is 12.8. The van der Waals surface area contributed by atoms with Gasteiger partial charge in [-0.05, 0) is 25.5 Å². The van der Waals surface area contributed by atoms with E-state index in [1.54, 1.807) is 19.9 Å². The number of aryl methyl sites for hydroxylation is 1. The van der Waals surface area contributed by atoms with E-state index < -0.39 is 4.92 Å². The molecule has 0 saturated heterocycles. The number of carbonyl (C=O) groups excluding carboxylic acids is 1. The number of ether oxygens (including phenoxy) is 1. The van der Waals surface area contributed by atoms with Crippen LogP contribution in [0.2, 0.25) is 0 Å². The van der Waals surface area contributed by atoms with E-state index in [0.717, 1.165) is 5.56 Å². The SMILES string of the molecule is CCNC(=O)COc1cc(C)ccc1[N+](=O)[O-].